The molecule has 0 spiro atoms. The van der Waals surface area contributed by atoms with Crippen LogP contribution in [0.4, 0.5) is 5.95 Å². The highest BCUT2D eigenvalue weighted by Gasteiger charge is 2.14. The summed E-state index contributed by atoms with van der Waals surface area (Å²) in [5, 5.41) is 0. The van der Waals surface area contributed by atoms with E-state index in [0.717, 1.165) is 11.1 Å². The Hall–Kier alpha value is -2.63. The van der Waals surface area contributed by atoms with Gasteiger partial charge in [0.15, 0.2) is 5.65 Å². The third kappa shape index (κ3) is 1.77. The summed E-state index contributed by atoms with van der Waals surface area (Å²) in [5.74, 6) is 0.673. The molecule has 0 aliphatic carbocycles. The molecule has 6 heteroatoms. The van der Waals surface area contributed by atoms with E-state index in [0.29, 0.717) is 17.2 Å². The summed E-state index contributed by atoms with van der Waals surface area (Å²) in [6, 6.07) is 5.98. The number of aromatic amines is 1. The number of anilines is 1. The number of nitrogens with two attached hydrogens (primary N) is 1. The monoisotopic (exact) mass is 269 g/mol. The van der Waals surface area contributed by atoms with Crippen LogP contribution in [-0.4, -0.2) is 19.4 Å². The molecule has 0 saturated heterocycles. The summed E-state index contributed by atoms with van der Waals surface area (Å²) < 4.78 is 1.45. The van der Waals surface area contributed by atoms with Crippen LogP contribution in [-0.2, 0) is 0 Å². The first kappa shape index (κ1) is 12.4. The van der Waals surface area contributed by atoms with Crippen molar-refractivity contribution in [3.63, 3.8) is 0 Å². The lowest BCUT2D eigenvalue weighted by Crippen LogP contribution is -2.20. The van der Waals surface area contributed by atoms with Gasteiger partial charge in [-0.15, -0.1) is 0 Å². The van der Waals surface area contributed by atoms with Crippen LogP contribution in [0, 0.1) is 20.8 Å². The number of benzene rings is 1. The fourth-order valence-electron chi connectivity index (χ4n) is 2.23. The van der Waals surface area contributed by atoms with Crippen molar-refractivity contribution in [2.75, 3.05) is 5.73 Å². The molecule has 1 aromatic carbocycles. The Morgan fingerprint density at radius 3 is 2.60 bits per heavy atom. The zero-order valence-corrected chi connectivity index (χ0v) is 11.6. The number of nitrogen functional groups attached to an aromatic ring is 1. The molecule has 0 bridgehead atoms. The quantitative estimate of drug-likeness (QED) is 0.702. The minimum atomic E-state index is -0.332. The van der Waals surface area contributed by atoms with Crippen LogP contribution in [0.1, 0.15) is 16.8 Å². The van der Waals surface area contributed by atoms with Crippen LogP contribution in [0.3, 0.4) is 0 Å². The third-order valence-corrected chi connectivity index (χ3v) is 3.45. The van der Waals surface area contributed by atoms with Crippen molar-refractivity contribution < 1.29 is 0 Å². The molecular formula is C14H15N5O. The number of imidazole rings is 1. The molecule has 0 atom stereocenters. The number of H-pyrrole nitrogens is 1. The molecule has 0 unspecified atom stereocenters. The predicted molar refractivity (Wildman–Crippen MR) is 77.7 cm³/mol. The topological polar surface area (TPSA) is 89.1 Å². The molecular weight excluding hydrogens is 254 g/mol. The molecule has 0 fully saturated rings. The van der Waals surface area contributed by atoms with Crippen LogP contribution in [0.5, 0.6) is 0 Å². The van der Waals surface area contributed by atoms with Gasteiger partial charge in [-0.3, -0.25) is 4.98 Å². The van der Waals surface area contributed by atoms with Crippen molar-refractivity contribution >= 4 is 11.6 Å². The highest BCUT2D eigenvalue weighted by atomic mass is 16.1. The van der Waals surface area contributed by atoms with E-state index < -0.39 is 0 Å². The van der Waals surface area contributed by atoms with Gasteiger partial charge >= 0.3 is 5.69 Å². The van der Waals surface area contributed by atoms with Gasteiger partial charge in [0, 0.05) is 5.56 Å². The number of hydrogen-bond acceptors (Lipinski definition) is 4. The zero-order chi connectivity index (χ0) is 14.4. The van der Waals surface area contributed by atoms with Gasteiger partial charge in [0.2, 0.25) is 5.95 Å². The van der Waals surface area contributed by atoms with Gasteiger partial charge in [0.25, 0.3) is 0 Å². The van der Waals surface area contributed by atoms with Crippen LogP contribution >= 0.6 is 0 Å². The maximum absolute atomic E-state index is 12.1. The van der Waals surface area contributed by atoms with Crippen LogP contribution < -0.4 is 11.4 Å². The predicted octanol–water partition coefficient (Wildman–Crippen LogP) is 1.59. The molecule has 0 aliphatic rings. The Morgan fingerprint density at radius 1 is 1.15 bits per heavy atom. The number of nitrogens with zero attached hydrogens (tertiary/aromatic N) is 3. The normalized spacial score (nSPS) is 11.2. The lowest BCUT2D eigenvalue weighted by atomic mass is 10.1. The van der Waals surface area contributed by atoms with Crippen LogP contribution in [0.2, 0.25) is 0 Å². The number of aryl methyl sites for hydroxylation is 3. The van der Waals surface area contributed by atoms with Gasteiger partial charge in [0.1, 0.15) is 5.82 Å². The maximum atomic E-state index is 12.1. The fraction of sp³-hybridized carbons (Fsp3) is 0.214. The Morgan fingerprint density at radius 2 is 1.90 bits per heavy atom. The highest BCUT2D eigenvalue weighted by molar-refractivity contribution is 5.64. The molecule has 0 aliphatic heterocycles. The second-order valence-corrected chi connectivity index (χ2v) is 4.91. The van der Waals surface area contributed by atoms with Crippen molar-refractivity contribution in [3.8, 4) is 11.4 Å². The number of aromatic nitrogens is 4. The van der Waals surface area contributed by atoms with Crippen molar-refractivity contribution in [2.45, 2.75) is 20.8 Å². The van der Waals surface area contributed by atoms with Crippen molar-refractivity contribution in [1.82, 2.24) is 19.4 Å². The van der Waals surface area contributed by atoms with E-state index in [1.54, 1.807) is 0 Å². The Bertz CT molecular complexity index is 875. The first-order valence-corrected chi connectivity index (χ1v) is 6.30. The second kappa shape index (κ2) is 4.19. The van der Waals surface area contributed by atoms with Gasteiger partial charge < -0.3 is 5.73 Å². The largest absolute Gasteiger partial charge is 0.369 e. The third-order valence-electron chi connectivity index (χ3n) is 3.45. The summed E-state index contributed by atoms with van der Waals surface area (Å²) in [7, 11) is 0. The molecule has 3 N–H and O–H groups in total. The average Bonchev–Trinajstić information content (AvgIpc) is 2.71. The standard InChI is InChI=1S/C14H15N5O/c1-7-4-5-10(6-8(7)2)12-16-9(3)11-17-13(15)18-14(20)19(11)12/h4-6H,1-3H3,(H3,15,17,18,20). The average molecular weight is 269 g/mol. The van der Waals surface area contributed by atoms with Gasteiger partial charge in [-0.05, 0) is 38.0 Å². The first-order chi connectivity index (χ1) is 9.47. The van der Waals surface area contributed by atoms with Gasteiger partial charge in [-0.1, -0.05) is 12.1 Å². The molecule has 6 nitrogen and oxygen atoms in total. The summed E-state index contributed by atoms with van der Waals surface area (Å²) in [5.41, 5.74) is 9.64. The van der Waals surface area contributed by atoms with E-state index in [4.69, 9.17) is 5.73 Å². The van der Waals surface area contributed by atoms with Crippen LogP contribution in [0.15, 0.2) is 23.0 Å². The summed E-state index contributed by atoms with van der Waals surface area (Å²) in [6.07, 6.45) is 0. The molecule has 102 valence electrons. The lowest BCUT2D eigenvalue weighted by Gasteiger charge is -2.04. The van der Waals surface area contributed by atoms with E-state index in [9.17, 15) is 4.79 Å². The lowest BCUT2D eigenvalue weighted by molar-refractivity contribution is 0.964. The molecule has 2 aromatic heterocycles. The van der Waals surface area contributed by atoms with E-state index in [1.165, 1.54) is 9.96 Å². The molecule has 0 saturated carbocycles. The van der Waals surface area contributed by atoms with E-state index in [1.807, 2.05) is 39.0 Å². The second-order valence-electron chi connectivity index (χ2n) is 4.91. The van der Waals surface area contributed by atoms with E-state index in [-0.39, 0.29) is 11.6 Å². The molecule has 3 aromatic rings. The van der Waals surface area contributed by atoms with Crippen molar-refractivity contribution in [1.29, 1.82) is 0 Å². The Labute approximate surface area is 115 Å². The number of rotatable bonds is 1. The van der Waals surface area contributed by atoms with Gasteiger partial charge in [-0.2, -0.15) is 4.98 Å². The number of nitrogens with one attached hydrogen (secondary N) is 1. The number of fused-ring (bicyclic) bond motifs is 1. The Balaban J connectivity index is 2.37. The first-order valence-electron chi connectivity index (χ1n) is 6.30. The number of hydrogen-bond donors (Lipinski definition) is 2. The fourth-order valence-corrected chi connectivity index (χ4v) is 2.23. The SMILES string of the molecule is Cc1ccc(-c2nc(C)c3nc(N)[nH]c(=O)n23)cc1C. The van der Waals surface area contributed by atoms with E-state index in [2.05, 4.69) is 15.0 Å². The minimum Gasteiger partial charge on any atom is -0.369 e. The van der Waals surface area contributed by atoms with Gasteiger partial charge in [-0.25, -0.2) is 14.2 Å². The molecule has 0 radical (unpaired) electrons. The van der Waals surface area contributed by atoms with Gasteiger partial charge in [0.05, 0.1) is 5.69 Å². The zero-order valence-electron chi connectivity index (χ0n) is 11.6. The summed E-state index contributed by atoms with van der Waals surface area (Å²) in [4.78, 5) is 23.2. The summed E-state index contributed by atoms with van der Waals surface area (Å²) in [6.45, 7) is 5.89. The Kier molecular flexibility index (Phi) is 2.60. The van der Waals surface area contributed by atoms with Crippen LogP contribution in [0.25, 0.3) is 17.0 Å². The molecule has 2 heterocycles. The highest BCUT2D eigenvalue weighted by Crippen LogP contribution is 2.22. The minimum absolute atomic E-state index is 0.0946. The maximum Gasteiger partial charge on any atom is 0.335 e. The molecule has 3 rings (SSSR count). The molecule has 0 amide bonds. The smallest absolute Gasteiger partial charge is 0.335 e. The summed E-state index contributed by atoms with van der Waals surface area (Å²) >= 11 is 0. The molecule has 20 heavy (non-hydrogen) atoms. The van der Waals surface area contributed by atoms with Crippen molar-refractivity contribution in [2.24, 2.45) is 0 Å². The van der Waals surface area contributed by atoms with Crippen molar-refractivity contribution in [3.05, 3.63) is 45.5 Å². The van der Waals surface area contributed by atoms with E-state index >= 15 is 0 Å².